The molecule has 2 aromatic rings. The van der Waals surface area contributed by atoms with E-state index in [-0.39, 0.29) is 11.9 Å². The maximum absolute atomic E-state index is 13.4. The summed E-state index contributed by atoms with van der Waals surface area (Å²) in [7, 11) is 3.27. The molecule has 7 nitrogen and oxygen atoms in total. The van der Waals surface area contributed by atoms with Gasteiger partial charge in [-0.3, -0.25) is 9.69 Å². The molecule has 7 heteroatoms. The number of amides is 1. The lowest BCUT2D eigenvalue weighted by Crippen LogP contribution is -2.40. The second-order valence-electron chi connectivity index (χ2n) is 8.41. The molecule has 0 aliphatic carbocycles. The molecule has 2 aliphatic rings. The highest BCUT2D eigenvalue weighted by molar-refractivity contribution is 6.05. The second-order valence-corrected chi connectivity index (χ2v) is 8.41. The monoisotopic (exact) mass is 451 g/mol. The molecule has 176 valence electrons. The van der Waals surface area contributed by atoms with Gasteiger partial charge in [0.2, 0.25) is 0 Å². The van der Waals surface area contributed by atoms with Gasteiger partial charge in [-0.15, -0.1) is 0 Å². The van der Waals surface area contributed by atoms with Crippen LogP contribution in [0.3, 0.4) is 0 Å². The number of benzene rings is 2. The Morgan fingerprint density at radius 3 is 2.39 bits per heavy atom. The summed E-state index contributed by atoms with van der Waals surface area (Å²) in [5.74, 6) is 2.25. The van der Waals surface area contributed by atoms with Gasteiger partial charge in [-0.1, -0.05) is 18.6 Å². The Labute approximate surface area is 195 Å². The van der Waals surface area contributed by atoms with Gasteiger partial charge in [0.05, 0.1) is 39.1 Å². The number of ether oxygens (including phenoxy) is 3. The van der Waals surface area contributed by atoms with Gasteiger partial charge in [-0.05, 0) is 62.7 Å². The molecule has 0 saturated carbocycles. The molecule has 4 rings (SSSR count). The van der Waals surface area contributed by atoms with Crippen molar-refractivity contribution in [2.45, 2.75) is 38.6 Å². The van der Waals surface area contributed by atoms with Gasteiger partial charge < -0.3 is 14.2 Å². The number of nitrogens with zero attached hydrogens (tertiary/aromatic N) is 3. The summed E-state index contributed by atoms with van der Waals surface area (Å²) in [6, 6.07) is 13.5. The van der Waals surface area contributed by atoms with E-state index in [4.69, 9.17) is 19.3 Å². The first-order valence-corrected chi connectivity index (χ1v) is 11.7. The minimum absolute atomic E-state index is 0.0262. The average Bonchev–Trinajstić information content (AvgIpc) is 3.30. The second kappa shape index (κ2) is 10.7. The molecule has 0 spiro atoms. The van der Waals surface area contributed by atoms with Crippen molar-refractivity contribution in [3.8, 4) is 17.2 Å². The predicted molar refractivity (Wildman–Crippen MR) is 128 cm³/mol. The number of carbonyl (C=O) groups is 1. The van der Waals surface area contributed by atoms with Gasteiger partial charge in [-0.2, -0.15) is 5.10 Å². The molecule has 0 aromatic heterocycles. The van der Waals surface area contributed by atoms with Gasteiger partial charge in [0.25, 0.3) is 5.91 Å². The van der Waals surface area contributed by atoms with Crippen molar-refractivity contribution in [2.75, 3.05) is 40.5 Å². The molecule has 0 bridgehead atoms. The summed E-state index contributed by atoms with van der Waals surface area (Å²) in [5, 5.41) is 6.50. The number of rotatable bonds is 8. The first-order valence-electron chi connectivity index (χ1n) is 11.7. The maximum atomic E-state index is 13.4. The molecule has 0 radical (unpaired) electrons. The fraction of sp³-hybridized carbons (Fsp3) is 0.462. The molecule has 2 aliphatic heterocycles. The van der Waals surface area contributed by atoms with Crippen molar-refractivity contribution in [1.82, 2.24) is 9.91 Å². The average molecular weight is 452 g/mol. The van der Waals surface area contributed by atoms with Crippen LogP contribution < -0.4 is 14.2 Å². The van der Waals surface area contributed by atoms with E-state index in [1.165, 1.54) is 6.42 Å². The number of piperidine rings is 1. The van der Waals surface area contributed by atoms with E-state index < -0.39 is 0 Å². The number of hydrazone groups is 1. The number of methoxy groups -OCH3 is 2. The molecular formula is C26H33N3O4. The van der Waals surface area contributed by atoms with E-state index in [9.17, 15) is 4.79 Å². The molecule has 2 heterocycles. The molecule has 1 unspecified atom stereocenters. The summed E-state index contributed by atoms with van der Waals surface area (Å²) >= 11 is 0. The maximum Gasteiger partial charge on any atom is 0.257 e. The van der Waals surface area contributed by atoms with Crippen molar-refractivity contribution in [3.05, 3.63) is 53.6 Å². The fourth-order valence-electron chi connectivity index (χ4n) is 4.53. The van der Waals surface area contributed by atoms with Crippen LogP contribution in [0.2, 0.25) is 0 Å². The zero-order chi connectivity index (χ0) is 23.2. The van der Waals surface area contributed by atoms with Crippen LogP contribution in [0.25, 0.3) is 0 Å². The molecule has 0 N–H and O–H groups in total. The van der Waals surface area contributed by atoms with Crippen molar-refractivity contribution >= 4 is 11.6 Å². The van der Waals surface area contributed by atoms with Gasteiger partial charge in [0, 0.05) is 18.1 Å². The summed E-state index contributed by atoms with van der Waals surface area (Å²) in [6.07, 6.45) is 4.14. The van der Waals surface area contributed by atoms with Crippen molar-refractivity contribution in [2.24, 2.45) is 5.10 Å². The Bertz CT molecular complexity index is 984. The third-order valence-electron chi connectivity index (χ3n) is 6.27. The fourth-order valence-corrected chi connectivity index (χ4v) is 4.53. The Balaban J connectivity index is 1.63. The van der Waals surface area contributed by atoms with Crippen LogP contribution in [0.5, 0.6) is 17.2 Å². The standard InChI is InChI=1S/C26H33N3O4/c1-4-33-20-10-8-19(9-11-20)24-17-23(22-13-12-21(31-2)16-25(22)32-3)27-29(24)26(30)18-28-14-6-5-7-15-28/h8-13,16,24H,4-7,14-15,17-18H2,1-3H3. The summed E-state index contributed by atoms with van der Waals surface area (Å²) < 4.78 is 16.5. The first kappa shape index (κ1) is 23.1. The number of hydrogen-bond donors (Lipinski definition) is 0. The van der Waals surface area contributed by atoms with E-state index in [1.54, 1.807) is 19.2 Å². The minimum atomic E-state index is -0.167. The van der Waals surface area contributed by atoms with Gasteiger partial charge in [-0.25, -0.2) is 5.01 Å². The SMILES string of the molecule is CCOc1ccc(C2CC(c3ccc(OC)cc3OC)=NN2C(=O)CN2CCCCC2)cc1. The van der Waals surface area contributed by atoms with E-state index in [0.717, 1.165) is 54.3 Å². The van der Waals surface area contributed by atoms with Gasteiger partial charge >= 0.3 is 0 Å². The van der Waals surface area contributed by atoms with Crippen molar-refractivity contribution in [1.29, 1.82) is 0 Å². The summed E-state index contributed by atoms with van der Waals surface area (Å²) in [5.41, 5.74) is 2.75. The molecular weight excluding hydrogens is 418 g/mol. The van der Waals surface area contributed by atoms with Gasteiger partial charge in [0.15, 0.2) is 0 Å². The number of likely N-dealkylation sites (tertiary alicyclic amines) is 1. The zero-order valence-electron chi connectivity index (χ0n) is 19.8. The molecule has 2 aromatic carbocycles. The van der Waals surface area contributed by atoms with E-state index in [2.05, 4.69) is 4.90 Å². The molecule has 1 saturated heterocycles. The Morgan fingerprint density at radius 1 is 1.00 bits per heavy atom. The highest BCUT2D eigenvalue weighted by atomic mass is 16.5. The first-order chi connectivity index (χ1) is 16.1. The lowest BCUT2D eigenvalue weighted by molar-refractivity contribution is -0.134. The van der Waals surface area contributed by atoms with Crippen LogP contribution in [-0.2, 0) is 4.79 Å². The highest BCUT2D eigenvalue weighted by Gasteiger charge is 2.34. The van der Waals surface area contributed by atoms with Crippen LogP contribution in [0, 0.1) is 0 Å². The van der Waals surface area contributed by atoms with Gasteiger partial charge in [0.1, 0.15) is 17.2 Å². The normalized spacial score (nSPS) is 18.7. The molecule has 1 atom stereocenters. The highest BCUT2D eigenvalue weighted by Crippen LogP contribution is 2.36. The van der Waals surface area contributed by atoms with Crippen LogP contribution >= 0.6 is 0 Å². The van der Waals surface area contributed by atoms with E-state index in [1.807, 2.05) is 49.4 Å². The molecule has 1 amide bonds. The zero-order valence-corrected chi connectivity index (χ0v) is 19.8. The van der Waals surface area contributed by atoms with Crippen LogP contribution in [0.1, 0.15) is 49.8 Å². The minimum Gasteiger partial charge on any atom is -0.497 e. The van der Waals surface area contributed by atoms with Crippen LogP contribution in [0.15, 0.2) is 47.6 Å². The topological polar surface area (TPSA) is 63.6 Å². The summed E-state index contributed by atoms with van der Waals surface area (Å²) in [6.45, 7) is 4.92. The number of carbonyl (C=O) groups excluding carboxylic acids is 1. The number of hydrogen-bond acceptors (Lipinski definition) is 6. The third kappa shape index (κ3) is 5.30. The van der Waals surface area contributed by atoms with Crippen molar-refractivity contribution < 1.29 is 19.0 Å². The Hall–Kier alpha value is -3.06. The van der Waals surface area contributed by atoms with Crippen molar-refractivity contribution in [3.63, 3.8) is 0 Å². The lowest BCUT2D eigenvalue weighted by Gasteiger charge is -2.29. The Morgan fingerprint density at radius 2 is 1.73 bits per heavy atom. The lowest BCUT2D eigenvalue weighted by atomic mass is 9.97. The quantitative estimate of drug-likeness (QED) is 0.600. The largest absolute Gasteiger partial charge is 0.497 e. The van der Waals surface area contributed by atoms with Crippen LogP contribution in [0.4, 0.5) is 0 Å². The molecule has 33 heavy (non-hydrogen) atoms. The Kier molecular flexibility index (Phi) is 7.50. The smallest absolute Gasteiger partial charge is 0.257 e. The summed E-state index contributed by atoms with van der Waals surface area (Å²) in [4.78, 5) is 15.6. The van der Waals surface area contributed by atoms with Crippen LogP contribution in [-0.4, -0.2) is 62.0 Å². The molecule has 1 fully saturated rings. The van der Waals surface area contributed by atoms with E-state index in [0.29, 0.717) is 25.3 Å². The predicted octanol–water partition coefficient (Wildman–Crippen LogP) is 4.27. The third-order valence-corrected chi connectivity index (χ3v) is 6.27. The van der Waals surface area contributed by atoms with E-state index >= 15 is 0 Å².